The zero-order valence-electron chi connectivity index (χ0n) is 8.44. The highest BCUT2D eigenvalue weighted by molar-refractivity contribution is 6.66. The number of carbonyl (C=O) groups excluding carboxylic acids is 1. The van der Waals surface area contributed by atoms with Crippen LogP contribution in [0, 0.1) is 5.82 Å². The Kier molecular flexibility index (Phi) is 2.69. The number of benzene rings is 1. The SMILES string of the molecule is O=C(Cl)C1(c2ccc(C(F)(F)F)cc2F)CC1. The van der Waals surface area contributed by atoms with E-state index in [9.17, 15) is 22.4 Å². The van der Waals surface area contributed by atoms with Crippen LogP contribution in [-0.4, -0.2) is 5.24 Å². The van der Waals surface area contributed by atoms with Crippen molar-refractivity contribution < 1.29 is 22.4 Å². The van der Waals surface area contributed by atoms with Gasteiger partial charge in [0.25, 0.3) is 0 Å². The lowest BCUT2D eigenvalue weighted by Gasteiger charge is -2.13. The molecular formula is C11H7ClF4O. The van der Waals surface area contributed by atoms with Crippen molar-refractivity contribution in [2.45, 2.75) is 24.4 Å². The number of hydrogen-bond acceptors (Lipinski definition) is 1. The van der Waals surface area contributed by atoms with Crippen LogP contribution in [0.25, 0.3) is 0 Å². The van der Waals surface area contributed by atoms with Crippen molar-refractivity contribution in [3.63, 3.8) is 0 Å². The fraction of sp³-hybridized carbons (Fsp3) is 0.364. The van der Waals surface area contributed by atoms with Gasteiger partial charge in [0.05, 0.1) is 11.0 Å². The maximum absolute atomic E-state index is 13.6. The van der Waals surface area contributed by atoms with Crippen LogP contribution in [-0.2, 0) is 16.4 Å². The molecule has 0 unspecified atom stereocenters. The van der Waals surface area contributed by atoms with Gasteiger partial charge in [-0.25, -0.2) is 4.39 Å². The van der Waals surface area contributed by atoms with Gasteiger partial charge in [0, 0.05) is 5.56 Å². The summed E-state index contributed by atoms with van der Waals surface area (Å²) in [5, 5.41) is -0.726. The van der Waals surface area contributed by atoms with Crippen molar-refractivity contribution in [1.82, 2.24) is 0 Å². The molecule has 17 heavy (non-hydrogen) atoms. The standard InChI is InChI=1S/C11H7ClF4O/c12-9(17)10(3-4-10)7-2-1-6(5-8(7)13)11(14,15)16/h1-2,5H,3-4H2. The Morgan fingerprint density at radius 2 is 1.88 bits per heavy atom. The van der Waals surface area contributed by atoms with E-state index in [1.807, 2.05) is 0 Å². The Morgan fingerprint density at radius 1 is 1.29 bits per heavy atom. The van der Waals surface area contributed by atoms with Crippen LogP contribution in [0.15, 0.2) is 18.2 Å². The number of hydrogen-bond donors (Lipinski definition) is 0. The van der Waals surface area contributed by atoms with E-state index in [4.69, 9.17) is 11.6 Å². The van der Waals surface area contributed by atoms with Crippen molar-refractivity contribution in [3.8, 4) is 0 Å². The Balaban J connectivity index is 2.43. The largest absolute Gasteiger partial charge is 0.416 e. The summed E-state index contributed by atoms with van der Waals surface area (Å²) in [6.07, 6.45) is -3.85. The van der Waals surface area contributed by atoms with Crippen LogP contribution in [0.2, 0.25) is 0 Å². The van der Waals surface area contributed by atoms with E-state index in [0.29, 0.717) is 18.9 Å². The zero-order valence-corrected chi connectivity index (χ0v) is 9.20. The Labute approximate surface area is 99.4 Å². The van der Waals surface area contributed by atoms with E-state index in [1.165, 1.54) is 0 Å². The summed E-state index contributed by atoms with van der Waals surface area (Å²) in [5.41, 5.74) is -2.24. The van der Waals surface area contributed by atoms with Crippen LogP contribution < -0.4 is 0 Å². The molecule has 0 radical (unpaired) electrons. The summed E-state index contributed by atoms with van der Waals surface area (Å²) in [7, 11) is 0. The molecule has 0 saturated heterocycles. The monoisotopic (exact) mass is 266 g/mol. The lowest BCUT2D eigenvalue weighted by molar-refractivity contribution is -0.137. The van der Waals surface area contributed by atoms with Gasteiger partial charge in [-0.2, -0.15) is 13.2 Å². The van der Waals surface area contributed by atoms with E-state index < -0.39 is 28.2 Å². The predicted molar refractivity (Wildman–Crippen MR) is 53.2 cm³/mol. The molecule has 0 amide bonds. The molecule has 0 aliphatic heterocycles. The number of halogens is 5. The summed E-state index contributed by atoms with van der Waals surface area (Å²) in [5.74, 6) is -1.04. The molecule has 1 aromatic rings. The smallest absolute Gasteiger partial charge is 0.280 e. The highest BCUT2D eigenvalue weighted by Crippen LogP contribution is 2.51. The summed E-state index contributed by atoms with van der Waals surface area (Å²) in [6, 6.07) is 2.15. The van der Waals surface area contributed by atoms with Gasteiger partial charge in [-0.1, -0.05) is 6.07 Å². The molecule has 0 atom stereocenters. The Bertz CT molecular complexity index is 477. The highest BCUT2D eigenvalue weighted by atomic mass is 35.5. The number of alkyl halides is 3. The summed E-state index contributed by atoms with van der Waals surface area (Å²) in [4.78, 5) is 11.1. The third-order valence-corrected chi connectivity index (χ3v) is 3.30. The second-order valence-electron chi connectivity index (χ2n) is 4.05. The first-order chi connectivity index (χ1) is 7.77. The lowest BCUT2D eigenvalue weighted by atomic mass is 9.95. The highest BCUT2D eigenvalue weighted by Gasteiger charge is 2.52. The zero-order chi connectivity index (χ0) is 12.8. The summed E-state index contributed by atoms with van der Waals surface area (Å²) in [6.45, 7) is 0. The first kappa shape index (κ1) is 12.4. The van der Waals surface area contributed by atoms with E-state index in [-0.39, 0.29) is 5.56 Å². The quantitative estimate of drug-likeness (QED) is 0.590. The molecule has 1 aliphatic carbocycles. The average molecular weight is 267 g/mol. The van der Waals surface area contributed by atoms with Crippen molar-refractivity contribution in [2.75, 3.05) is 0 Å². The first-order valence-corrected chi connectivity index (χ1v) is 5.22. The molecule has 1 nitrogen and oxygen atoms in total. The molecule has 1 aromatic carbocycles. The first-order valence-electron chi connectivity index (χ1n) is 4.84. The van der Waals surface area contributed by atoms with E-state index in [2.05, 4.69) is 0 Å². The van der Waals surface area contributed by atoms with Gasteiger partial charge in [0.15, 0.2) is 0 Å². The molecule has 2 rings (SSSR count). The fourth-order valence-electron chi connectivity index (χ4n) is 1.78. The predicted octanol–water partition coefficient (Wildman–Crippen LogP) is 3.64. The molecule has 0 aromatic heterocycles. The third-order valence-electron chi connectivity index (χ3n) is 2.94. The van der Waals surface area contributed by atoms with Crippen LogP contribution >= 0.6 is 11.6 Å². The van der Waals surface area contributed by atoms with Gasteiger partial charge < -0.3 is 0 Å². The van der Waals surface area contributed by atoms with Gasteiger partial charge in [-0.3, -0.25) is 4.79 Å². The minimum absolute atomic E-state index is 0.0505. The van der Waals surface area contributed by atoms with Gasteiger partial charge in [0.2, 0.25) is 5.24 Å². The van der Waals surface area contributed by atoms with Gasteiger partial charge in [-0.05, 0) is 36.6 Å². The Hall–Kier alpha value is -1.10. The third kappa shape index (κ3) is 2.04. The lowest BCUT2D eigenvalue weighted by Crippen LogP contribution is -2.17. The summed E-state index contributed by atoms with van der Waals surface area (Å²) >= 11 is 5.34. The minimum atomic E-state index is -4.60. The molecule has 92 valence electrons. The van der Waals surface area contributed by atoms with Crippen LogP contribution in [0.4, 0.5) is 17.6 Å². The van der Waals surface area contributed by atoms with E-state index >= 15 is 0 Å². The molecule has 1 fully saturated rings. The van der Waals surface area contributed by atoms with Crippen molar-refractivity contribution >= 4 is 16.8 Å². The Morgan fingerprint density at radius 3 is 2.24 bits per heavy atom. The maximum Gasteiger partial charge on any atom is 0.416 e. The van der Waals surface area contributed by atoms with Gasteiger partial charge in [0.1, 0.15) is 5.82 Å². The maximum atomic E-state index is 13.6. The number of carbonyl (C=O) groups is 1. The topological polar surface area (TPSA) is 17.1 Å². The van der Waals surface area contributed by atoms with Gasteiger partial charge in [-0.15, -0.1) is 0 Å². The van der Waals surface area contributed by atoms with E-state index in [0.717, 1.165) is 12.1 Å². The second-order valence-corrected chi connectivity index (χ2v) is 4.39. The molecular weight excluding hydrogens is 260 g/mol. The number of rotatable bonds is 2. The van der Waals surface area contributed by atoms with Crippen molar-refractivity contribution in [1.29, 1.82) is 0 Å². The molecule has 0 heterocycles. The van der Waals surface area contributed by atoms with Crippen LogP contribution in [0.5, 0.6) is 0 Å². The van der Waals surface area contributed by atoms with E-state index in [1.54, 1.807) is 0 Å². The fourth-order valence-corrected chi connectivity index (χ4v) is 2.07. The normalized spacial score (nSPS) is 17.9. The molecule has 0 spiro atoms. The molecule has 6 heteroatoms. The van der Waals surface area contributed by atoms with Crippen LogP contribution in [0.3, 0.4) is 0 Å². The van der Waals surface area contributed by atoms with Crippen molar-refractivity contribution in [2.24, 2.45) is 0 Å². The minimum Gasteiger partial charge on any atom is -0.280 e. The average Bonchev–Trinajstić information content (AvgIpc) is 2.96. The van der Waals surface area contributed by atoms with Crippen molar-refractivity contribution in [3.05, 3.63) is 35.1 Å². The molecule has 1 saturated carbocycles. The van der Waals surface area contributed by atoms with Gasteiger partial charge >= 0.3 is 6.18 Å². The molecule has 1 aliphatic rings. The molecule has 0 bridgehead atoms. The second kappa shape index (κ2) is 3.70. The van der Waals surface area contributed by atoms with Crippen LogP contribution in [0.1, 0.15) is 24.0 Å². The summed E-state index contributed by atoms with van der Waals surface area (Å²) < 4.78 is 50.5. The molecule has 0 N–H and O–H groups in total.